The number of nitrogens with two attached hydrogens (primary N) is 1. The number of terminal acetylenes is 1. The third-order valence-corrected chi connectivity index (χ3v) is 6.06. The van der Waals surface area contributed by atoms with Crippen molar-refractivity contribution >= 4 is 51.2 Å². The van der Waals surface area contributed by atoms with Crippen molar-refractivity contribution in [1.82, 2.24) is 14.5 Å². The van der Waals surface area contributed by atoms with Crippen molar-refractivity contribution in [1.29, 1.82) is 0 Å². The lowest BCUT2D eigenvalue weighted by Crippen LogP contribution is -2.00. The molecular formula is C18H17IN4OS. The topological polar surface area (TPSA) is 66.0 Å². The van der Waals surface area contributed by atoms with E-state index in [1.54, 1.807) is 25.1 Å². The van der Waals surface area contributed by atoms with Gasteiger partial charge in [0.2, 0.25) is 0 Å². The first-order chi connectivity index (χ1) is 12.1. The minimum absolute atomic E-state index is 0.440. The van der Waals surface area contributed by atoms with Gasteiger partial charge in [-0.2, -0.15) is 0 Å². The lowest BCUT2D eigenvalue weighted by atomic mass is 10.3. The molecule has 0 radical (unpaired) electrons. The number of benzene rings is 1. The van der Waals surface area contributed by atoms with E-state index < -0.39 is 0 Å². The van der Waals surface area contributed by atoms with E-state index >= 15 is 0 Å². The van der Waals surface area contributed by atoms with Crippen molar-refractivity contribution in [3.8, 4) is 18.1 Å². The van der Waals surface area contributed by atoms with Crippen molar-refractivity contribution < 1.29 is 4.74 Å². The molecule has 0 saturated heterocycles. The molecule has 128 valence electrons. The number of pyridine rings is 1. The first kappa shape index (κ1) is 17.9. The molecule has 0 aliphatic heterocycles. The number of nitrogen functional groups attached to an aromatic ring is 1. The number of rotatable bonds is 6. The largest absolute Gasteiger partial charge is 0.497 e. The minimum atomic E-state index is 0.440. The molecule has 0 spiro atoms. The minimum Gasteiger partial charge on any atom is -0.497 e. The van der Waals surface area contributed by atoms with Crippen LogP contribution in [0.3, 0.4) is 0 Å². The second-order valence-corrected chi connectivity index (χ2v) is 7.49. The normalized spacial score (nSPS) is 10.8. The van der Waals surface area contributed by atoms with Gasteiger partial charge in [-0.3, -0.25) is 0 Å². The van der Waals surface area contributed by atoms with Gasteiger partial charge in [0, 0.05) is 27.6 Å². The molecule has 0 bridgehead atoms. The third kappa shape index (κ3) is 3.85. The third-order valence-electron chi connectivity index (χ3n) is 3.70. The second-order valence-electron chi connectivity index (χ2n) is 5.32. The molecule has 0 fully saturated rings. The molecule has 7 heteroatoms. The number of halogens is 1. The molecule has 3 aromatic rings. The molecule has 0 aliphatic rings. The van der Waals surface area contributed by atoms with Gasteiger partial charge in [-0.15, -0.1) is 12.3 Å². The molecule has 0 unspecified atom stereocenters. The molecule has 0 atom stereocenters. The highest BCUT2D eigenvalue weighted by atomic mass is 127. The van der Waals surface area contributed by atoms with Crippen LogP contribution in [0.2, 0.25) is 0 Å². The van der Waals surface area contributed by atoms with Gasteiger partial charge in [-0.25, -0.2) is 9.97 Å². The van der Waals surface area contributed by atoms with Crippen LogP contribution in [0, 0.1) is 15.9 Å². The molecule has 2 N–H and O–H groups in total. The Labute approximate surface area is 164 Å². The van der Waals surface area contributed by atoms with E-state index in [0.29, 0.717) is 5.82 Å². The molecule has 0 saturated carbocycles. The standard InChI is InChI=1S/C18H17IN4OS/c1-3-4-5-10-23-14-8-9-21-17(20)16(14)22-18(23)25-15-11-12(24-2)6-7-13(15)19/h1,6-9,11H,4-5,10H2,2H3,(H2,20,21). The maximum absolute atomic E-state index is 6.01. The summed E-state index contributed by atoms with van der Waals surface area (Å²) >= 11 is 3.91. The smallest absolute Gasteiger partial charge is 0.174 e. The summed E-state index contributed by atoms with van der Waals surface area (Å²) in [7, 11) is 1.66. The van der Waals surface area contributed by atoms with Crippen molar-refractivity contribution in [2.75, 3.05) is 12.8 Å². The maximum atomic E-state index is 6.01. The molecule has 1 aromatic carbocycles. The highest BCUT2D eigenvalue weighted by Gasteiger charge is 2.16. The maximum Gasteiger partial charge on any atom is 0.174 e. The van der Waals surface area contributed by atoms with Crippen molar-refractivity contribution in [3.05, 3.63) is 34.0 Å². The summed E-state index contributed by atoms with van der Waals surface area (Å²) < 4.78 is 8.63. The monoisotopic (exact) mass is 464 g/mol. The van der Waals surface area contributed by atoms with E-state index in [0.717, 1.165) is 49.8 Å². The summed E-state index contributed by atoms with van der Waals surface area (Å²) in [5, 5.41) is 0.873. The Morgan fingerprint density at radius 3 is 3.00 bits per heavy atom. The van der Waals surface area contributed by atoms with E-state index in [1.165, 1.54) is 0 Å². The summed E-state index contributed by atoms with van der Waals surface area (Å²) in [5.41, 5.74) is 7.71. The Bertz CT molecular complexity index is 948. The van der Waals surface area contributed by atoms with Crippen LogP contribution in [0.1, 0.15) is 12.8 Å². The fourth-order valence-corrected chi connectivity index (χ4v) is 4.11. The number of imidazole rings is 1. The number of methoxy groups -OCH3 is 1. The highest BCUT2D eigenvalue weighted by Crippen LogP contribution is 2.36. The lowest BCUT2D eigenvalue weighted by molar-refractivity contribution is 0.413. The van der Waals surface area contributed by atoms with Gasteiger partial charge in [0.15, 0.2) is 11.0 Å². The first-order valence-electron chi connectivity index (χ1n) is 7.69. The van der Waals surface area contributed by atoms with Crippen molar-refractivity contribution in [2.45, 2.75) is 29.4 Å². The predicted molar refractivity (Wildman–Crippen MR) is 110 cm³/mol. The number of hydrogen-bond donors (Lipinski definition) is 1. The van der Waals surface area contributed by atoms with E-state index in [-0.39, 0.29) is 0 Å². The molecule has 2 heterocycles. The van der Waals surface area contributed by atoms with Gasteiger partial charge in [0.25, 0.3) is 0 Å². The van der Waals surface area contributed by atoms with Crippen molar-refractivity contribution in [3.63, 3.8) is 0 Å². The average molecular weight is 464 g/mol. The number of anilines is 1. The van der Waals surface area contributed by atoms with Gasteiger partial charge >= 0.3 is 0 Å². The van der Waals surface area contributed by atoms with Crippen LogP contribution in [0.25, 0.3) is 11.0 Å². The highest BCUT2D eigenvalue weighted by molar-refractivity contribution is 14.1. The second kappa shape index (κ2) is 7.97. The van der Waals surface area contributed by atoms with E-state index in [4.69, 9.17) is 21.9 Å². The number of fused-ring (bicyclic) bond motifs is 1. The zero-order valence-corrected chi connectivity index (χ0v) is 16.7. The predicted octanol–water partition coefficient (Wildman–Crippen LogP) is 4.19. The number of nitrogens with zero attached hydrogens (tertiary/aromatic N) is 3. The van der Waals surface area contributed by atoms with Crippen LogP contribution in [-0.2, 0) is 6.54 Å². The Balaban J connectivity index is 2.04. The Kier molecular flexibility index (Phi) is 5.71. The summed E-state index contributed by atoms with van der Waals surface area (Å²) in [6.07, 6.45) is 8.71. The zero-order chi connectivity index (χ0) is 17.8. The summed E-state index contributed by atoms with van der Waals surface area (Å²) in [6, 6.07) is 7.93. The number of aromatic nitrogens is 3. The molecular weight excluding hydrogens is 447 g/mol. The van der Waals surface area contributed by atoms with Crippen LogP contribution in [0.15, 0.2) is 40.5 Å². The zero-order valence-electron chi connectivity index (χ0n) is 13.7. The van der Waals surface area contributed by atoms with Crippen LogP contribution >= 0.6 is 34.4 Å². The average Bonchev–Trinajstić information content (AvgIpc) is 2.96. The number of ether oxygens (including phenoxy) is 1. The van der Waals surface area contributed by atoms with Gasteiger partial charge in [-0.1, -0.05) is 11.8 Å². The number of unbranched alkanes of at least 4 members (excludes halogenated alkanes) is 1. The van der Waals surface area contributed by atoms with Gasteiger partial charge in [0.1, 0.15) is 11.3 Å². The summed E-state index contributed by atoms with van der Waals surface area (Å²) in [5.74, 6) is 3.95. The van der Waals surface area contributed by atoms with Gasteiger partial charge < -0.3 is 15.0 Å². The van der Waals surface area contributed by atoms with Crippen LogP contribution in [-0.4, -0.2) is 21.6 Å². The Morgan fingerprint density at radius 2 is 2.24 bits per heavy atom. The van der Waals surface area contributed by atoms with Crippen LogP contribution in [0.4, 0.5) is 5.82 Å². The number of aryl methyl sites for hydroxylation is 1. The first-order valence-corrected chi connectivity index (χ1v) is 9.59. The molecule has 2 aromatic heterocycles. The van der Waals surface area contributed by atoms with E-state index in [2.05, 4.69) is 38.1 Å². The molecule has 5 nitrogen and oxygen atoms in total. The summed E-state index contributed by atoms with van der Waals surface area (Å²) in [4.78, 5) is 9.96. The van der Waals surface area contributed by atoms with Crippen LogP contribution < -0.4 is 10.5 Å². The van der Waals surface area contributed by atoms with Gasteiger partial charge in [0.05, 0.1) is 12.6 Å². The molecule has 0 amide bonds. The lowest BCUT2D eigenvalue weighted by Gasteiger charge is -2.10. The van der Waals surface area contributed by atoms with Gasteiger partial charge in [-0.05, 0) is 53.3 Å². The number of hydrogen-bond acceptors (Lipinski definition) is 5. The fraction of sp³-hybridized carbons (Fsp3) is 0.222. The quantitative estimate of drug-likeness (QED) is 0.337. The van der Waals surface area contributed by atoms with Crippen molar-refractivity contribution in [2.24, 2.45) is 0 Å². The Morgan fingerprint density at radius 1 is 1.40 bits per heavy atom. The van der Waals surface area contributed by atoms with E-state index in [9.17, 15) is 0 Å². The van der Waals surface area contributed by atoms with Crippen LogP contribution in [0.5, 0.6) is 5.75 Å². The Hall–Kier alpha value is -1.92. The molecule has 3 rings (SSSR count). The molecule has 0 aliphatic carbocycles. The molecule has 25 heavy (non-hydrogen) atoms. The fourth-order valence-electron chi connectivity index (χ4n) is 2.47. The summed E-state index contributed by atoms with van der Waals surface area (Å²) in [6.45, 7) is 0.785. The SMILES string of the molecule is C#CCCCn1c(Sc2cc(OC)ccc2I)nc2c(N)nccc21. The van der Waals surface area contributed by atoms with E-state index in [1.807, 2.05) is 24.3 Å².